The van der Waals surface area contributed by atoms with Crippen LogP contribution in [0.5, 0.6) is 11.5 Å². The standard InChI is InChI=1S/C22H25ClN4O3/c1-4-6-11-30-20-17(23)12-16(13-18(20)29-5-2)22(28)25-21-14(3)19(26-27-21)15-7-9-24-10-8-15/h7-10,12-13H,4-6,11H2,1-3H3,(H2,25,26,27,28). The molecule has 30 heavy (non-hydrogen) atoms. The van der Waals surface area contributed by atoms with E-state index in [1.807, 2.05) is 26.0 Å². The van der Waals surface area contributed by atoms with Gasteiger partial charge in [-0.3, -0.25) is 14.9 Å². The Balaban J connectivity index is 1.82. The normalized spacial score (nSPS) is 10.7. The Morgan fingerprint density at radius 1 is 1.20 bits per heavy atom. The molecule has 0 radical (unpaired) electrons. The van der Waals surface area contributed by atoms with Gasteiger partial charge in [-0.1, -0.05) is 24.9 Å². The Hall–Kier alpha value is -3.06. The van der Waals surface area contributed by atoms with Crippen LogP contribution in [-0.2, 0) is 0 Å². The molecule has 158 valence electrons. The molecule has 2 aromatic heterocycles. The summed E-state index contributed by atoms with van der Waals surface area (Å²) in [4.78, 5) is 16.9. The number of nitrogens with one attached hydrogen (secondary N) is 2. The molecular formula is C22H25ClN4O3. The number of aromatic amines is 1. The molecule has 2 heterocycles. The highest BCUT2D eigenvalue weighted by molar-refractivity contribution is 6.32. The molecule has 0 spiro atoms. The van der Waals surface area contributed by atoms with E-state index in [4.69, 9.17) is 21.1 Å². The summed E-state index contributed by atoms with van der Waals surface area (Å²) in [5.74, 6) is 1.01. The van der Waals surface area contributed by atoms with Gasteiger partial charge in [0.15, 0.2) is 17.3 Å². The van der Waals surface area contributed by atoms with Gasteiger partial charge in [0, 0.05) is 29.1 Å². The van der Waals surface area contributed by atoms with Gasteiger partial charge in [-0.15, -0.1) is 0 Å². The van der Waals surface area contributed by atoms with E-state index in [1.54, 1.807) is 24.5 Å². The van der Waals surface area contributed by atoms with E-state index < -0.39 is 0 Å². The maximum atomic E-state index is 12.9. The zero-order valence-electron chi connectivity index (χ0n) is 17.3. The van der Waals surface area contributed by atoms with Crippen molar-refractivity contribution in [3.63, 3.8) is 0 Å². The predicted molar refractivity (Wildman–Crippen MR) is 118 cm³/mol. The van der Waals surface area contributed by atoms with Crippen molar-refractivity contribution < 1.29 is 14.3 Å². The number of aromatic nitrogens is 3. The molecule has 0 aliphatic heterocycles. The summed E-state index contributed by atoms with van der Waals surface area (Å²) in [7, 11) is 0. The third kappa shape index (κ3) is 4.91. The topological polar surface area (TPSA) is 89.1 Å². The van der Waals surface area contributed by atoms with E-state index in [0.717, 1.165) is 29.7 Å². The molecule has 0 bridgehead atoms. The maximum absolute atomic E-state index is 12.9. The van der Waals surface area contributed by atoms with Crippen LogP contribution < -0.4 is 14.8 Å². The molecule has 1 amide bonds. The van der Waals surface area contributed by atoms with Crippen molar-refractivity contribution in [1.82, 2.24) is 15.2 Å². The molecule has 0 saturated heterocycles. The molecular weight excluding hydrogens is 404 g/mol. The van der Waals surface area contributed by atoms with Crippen LogP contribution >= 0.6 is 11.6 Å². The molecule has 2 N–H and O–H groups in total. The number of benzene rings is 1. The van der Waals surface area contributed by atoms with E-state index >= 15 is 0 Å². The van der Waals surface area contributed by atoms with Crippen LogP contribution in [0.2, 0.25) is 5.02 Å². The van der Waals surface area contributed by atoms with Crippen LogP contribution in [0.1, 0.15) is 42.6 Å². The van der Waals surface area contributed by atoms with E-state index in [2.05, 4.69) is 27.4 Å². The average molecular weight is 429 g/mol. The first-order valence-corrected chi connectivity index (χ1v) is 10.3. The van der Waals surface area contributed by atoms with Gasteiger partial charge in [0.25, 0.3) is 5.91 Å². The lowest BCUT2D eigenvalue weighted by molar-refractivity contribution is 0.102. The highest BCUT2D eigenvalue weighted by Gasteiger charge is 2.19. The molecule has 0 fully saturated rings. The summed E-state index contributed by atoms with van der Waals surface area (Å²) in [5, 5.41) is 10.4. The van der Waals surface area contributed by atoms with Gasteiger partial charge in [0.05, 0.1) is 23.9 Å². The van der Waals surface area contributed by atoms with Gasteiger partial charge in [0.1, 0.15) is 0 Å². The number of rotatable bonds is 9. The number of pyridine rings is 1. The minimum Gasteiger partial charge on any atom is -0.490 e. The summed E-state index contributed by atoms with van der Waals surface area (Å²) >= 11 is 6.40. The molecule has 0 saturated carbocycles. The van der Waals surface area contributed by atoms with Crippen molar-refractivity contribution in [1.29, 1.82) is 0 Å². The molecule has 0 unspecified atom stereocenters. The lowest BCUT2D eigenvalue weighted by Crippen LogP contribution is -2.14. The van der Waals surface area contributed by atoms with Gasteiger partial charge in [-0.05, 0) is 44.5 Å². The Bertz CT molecular complexity index is 1010. The Morgan fingerprint density at radius 3 is 2.67 bits per heavy atom. The van der Waals surface area contributed by atoms with E-state index in [-0.39, 0.29) is 5.91 Å². The fraction of sp³-hybridized carbons (Fsp3) is 0.318. The van der Waals surface area contributed by atoms with Crippen LogP contribution in [0.15, 0.2) is 36.7 Å². The quantitative estimate of drug-likeness (QED) is 0.453. The van der Waals surface area contributed by atoms with E-state index in [1.165, 1.54) is 0 Å². The van der Waals surface area contributed by atoms with Crippen LogP contribution in [0.4, 0.5) is 5.82 Å². The highest BCUT2D eigenvalue weighted by atomic mass is 35.5. The maximum Gasteiger partial charge on any atom is 0.257 e. The SMILES string of the molecule is CCCCOc1c(Cl)cc(C(=O)Nc2n[nH]c(-c3ccncc3)c2C)cc1OCC. The monoisotopic (exact) mass is 428 g/mol. The largest absolute Gasteiger partial charge is 0.490 e. The highest BCUT2D eigenvalue weighted by Crippen LogP contribution is 2.37. The fourth-order valence-corrected chi connectivity index (χ4v) is 3.18. The number of H-pyrrole nitrogens is 1. The molecule has 7 nitrogen and oxygen atoms in total. The molecule has 0 aliphatic carbocycles. The fourth-order valence-electron chi connectivity index (χ4n) is 2.92. The number of anilines is 1. The van der Waals surface area contributed by atoms with Crippen molar-refractivity contribution in [3.8, 4) is 22.8 Å². The average Bonchev–Trinajstić information content (AvgIpc) is 3.10. The molecule has 8 heteroatoms. The number of carbonyl (C=O) groups excluding carboxylic acids is 1. The smallest absolute Gasteiger partial charge is 0.257 e. The Morgan fingerprint density at radius 2 is 1.97 bits per heavy atom. The third-order valence-corrected chi connectivity index (χ3v) is 4.81. The second-order valence-corrected chi connectivity index (χ2v) is 7.09. The van der Waals surface area contributed by atoms with Crippen molar-refractivity contribution in [2.75, 3.05) is 18.5 Å². The van der Waals surface area contributed by atoms with Crippen molar-refractivity contribution in [3.05, 3.63) is 52.8 Å². The first-order chi connectivity index (χ1) is 14.5. The van der Waals surface area contributed by atoms with Crippen molar-refractivity contribution in [2.24, 2.45) is 0 Å². The third-order valence-electron chi connectivity index (χ3n) is 4.53. The van der Waals surface area contributed by atoms with Gasteiger partial charge in [-0.25, -0.2) is 0 Å². The number of amides is 1. The minimum absolute atomic E-state index is 0.332. The molecule has 0 atom stereocenters. The second-order valence-electron chi connectivity index (χ2n) is 6.68. The van der Waals surface area contributed by atoms with E-state index in [9.17, 15) is 4.79 Å². The van der Waals surface area contributed by atoms with Gasteiger partial charge >= 0.3 is 0 Å². The Kier molecular flexibility index (Phi) is 7.30. The van der Waals surface area contributed by atoms with Crippen LogP contribution in [0, 0.1) is 6.92 Å². The van der Waals surface area contributed by atoms with Gasteiger partial charge in [0.2, 0.25) is 0 Å². The zero-order valence-corrected chi connectivity index (χ0v) is 18.0. The zero-order chi connectivity index (χ0) is 21.5. The lowest BCUT2D eigenvalue weighted by Gasteiger charge is -2.15. The summed E-state index contributed by atoms with van der Waals surface area (Å²) in [6.45, 7) is 6.80. The summed E-state index contributed by atoms with van der Waals surface area (Å²) in [5.41, 5.74) is 2.94. The summed E-state index contributed by atoms with van der Waals surface area (Å²) in [6, 6.07) is 6.96. The van der Waals surface area contributed by atoms with Gasteiger partial charge in [-0.2, -0.15) is 5.10 Å². The van der Waals surface area contributed by atoms with Crippen molar-refractivity contribution >= 4 is 23.3 Å². The van der Waals surface area contributed by atoms with Crippen molar-refractivity contribution in [2.45, 2.75) is 33.6 Å². The number of hydrogen-bond acceptors (Lipinski definition) is 5. The number of unbranched alkanes of at least 4 members (excludes halogenated alkanes) is 1. The first-order valence-electron chi connectivity index (χ1n) is 9.91. The lowest BCUT2D eigenvalue weighted by atomic mass is 10.1. The Labute approximate surface area is 180 Å². The first kappa shape index (κ1) is 21.6. The number of carbonyl (C=O) groups is 1. The molecule has 1 aromatic carbocycles. The van der Waals surface area contributed by atoms with Gasteiger partial charge < -0.3 is 14.8 Å². The molecule has 3 rings (SSSR count). The number of nitrogens with zero attached hydrogens (tertiary/aromatic N) is 2. The second kappa shape index (κ2) is 10.1. The minimum atomic E-state index is -0.339. The summed E-state index contributed by atoms with van der Waals surface area (Å²) < 4.78 is 11.4. The van der Waals surface area contributed by atoms with E-state index in [0.29, 0.717) is 41.1 Å². The number of hydrogen-bond donors (Lipinski definition) is 2. The van der Waals surface area contributed by atoms with Crippen LogP contribution in [0.25, 0.3) is 11.3 Å². The molecule has 0 aliphatic rings. The molecule has 3 aromatic rings. The summed E-state index contributed by atoms with van der Waals surface area (Å²) in [6.07, 6.45) is 5.32. The van der Waals surface area contributed by atoms with Crippen LogP contribution in [0.3, 0.4) is 0 Å². The number of ether oxygens (including phenoxy) is 2. The van der Waals surface area contributed by atoms with Crippen LogP contribution in [-0.4, -0.2) is 34.3 Å². The predicted octanol–water partition coefficient (Wildman–Crippen LogP) is 5.26. The number of halogens is 1.